The maximum absolute atomic E-state index is 5.88. The Kier molecular flexibility index (Phi) is 6.00. The van der Waals surface area contributed by atoms with Crippen LogP contribution in [0, 0.1) is 0 Å². The lowest BCUT2D eigenvalue weighted by Gasteiger charge is -2.38. The van der Waals surface area contributed by atoms with Crippen LogP contribution >= 0.6 is 0 Å². The highest BCUT2D eigenvalue weighted by atomic mass is 16.5. The molecular weight excluding hydrogens is 322 g/mol. The Morgan fingerprint density at radius 1 is 1.00 bits per heavy atom. The Labute approximate surface area is 157 Å². The molecule has 0 radical (unpaired) electrons. The van der Waals surface area contributed by atoms with Gasteiger partial charge in [0.1, 0.15) is 5.75 Å². The fourth-order valence-electron chi connectivity index (χ4n) is 3.65. The molecule has 26 heavy (non-hydrogen) atoms. The van der Waals surface area contributed by atoms with E-state index in [0.29, 0.717) is 6.04 Å². The van der Waals surface area contributed by atoms with Crippen molar-refractivity contribution in [1.29, 1.82) is 0 Å². The van der Waals surface area contributed by atoms with Gasteiger partial charge in [0.05, 0.1) is 17.7 Å². The molecule has 1 fully saturated rings. The fourth-order valence-corrected chi connectivity index (χ4v) is 3.65. The van der Waals surface area contributed by atoms with Crippen molar-refractivity contribution in [2.45, 2.75) is 64.3 Å². The Hall–Kier alpha value is -1.84. The fraction of sp³-hybridized carbons (Fsp3) is 0.478. The van der Waals surface area contributed by atoms with Crippen LogP contribution in [0.5, 0.6) is 5.75 Å². The zero-order valence-electron chi connectivity index (χ0n) is 16.4. The largest absolute Gasteiger partial charge is 0.491 e. The van der Waals surface area contributed by atoms with Crippen molar-refractivity contribution in [1.82, 2.24) is 5.32 Å². The summed E-state index contributed by atoms with van der Waals surface area (Å²) in [7, 11) is 0. The highest BCUT2D eigenvalue weighted by molar-refractivity contribution is 5.35. The first-order valence-electron chi connectivity index (χ1n) is 9.64. The SMILES string of the molecule is CC(C)Oc1ccc([C@@H](N[C@H]2CCOC(C)(C)C2)c2ccccc2)cc1. The molecule has 1 aliphatic rings. The maximum atomic E-state index is 5.88. The van der Waals surface area contributed by atoms with E-state index in [1.165, 1.54) is 11.1 Å². The summed E-state index contributed by atoms with van der Waals surface area (Å²) in [6.07, 6.45) is 2.25. The first-order chi connectivity index (χ1) is 12.4. The Morgan fingerprint density at radius 2 is 1.65 bits per heavy atom. The second-order valence-corrected chi connectivity index (χ2v) is 8.04. The van der Waals surface area contributed by atoms with Crippen molar-refractivity contribution < 1.29 is 9.47 Å². The first-order valence-corrected chi connectivity index (χ1v) is 9.64. The second kappa shape index (κ2) is 8.24. The molecule has 2 aromatic rings. The number of hydrogen-bond donors (Lipinski definition) is 1. The molecule has 3 nitrogen and oxygen atoms in total. The molecule has 0 spiro atoms. The average Bonchev–Trinajstić information content (AvgIpc) is 2.60. The summed E-state index contributed by atoms with van der Waals surface area (Å²) in [4.78, 5) is 0. The maximum Gasteiger partial charge on any atom is 0.119 e. The van der Waals surface area contributed by atoms with Gasteiger partial charge in [-0.25, -0.2) is 0 Å². The van der Waals surface area contributed by atoms with E-state index in [1.807, 2.05) is 0 Å². The Bertz CT molecular complexity index is 679. The second-order valence-electron chi connectivity index (χ2n) is 8.04. The normalized spacial score (nSPS) is 20.7. The number of benzene rings is 2. The van der Waals surface area contributed by atoms with Crippen LogP contribution in [0.25, 0.3) is 0 Å². The lowest BCUT2D eigenvalue weighted by molar-refractivity contribution is -0.0637. The number of ether oxygens (including phenoxy) is 2. The molecule has 0 aromatic heterocycles. The third-order valence-corrected chi connectivity index (χ3v) is 4.82. The zero-order valence-corrected chi connectivity index (χ0v) is 16.4. The van der Waals surface area contributed by atoms with Gasteiger partial charge in [-0.3, -0.25) is 0 Å². The smallest absolute Gasteiger partial charge is 0.119 e. The van der Waals surface area contributed by atoms with Crippen LogP contribution in [-0.2, 0) is 4.74 Å². The lowest BCUT2D eigenvalue weighted by Crippen LogP contribution is -2.45. The minimum absolute atomic E-state index is 0.0634. The molecule has 2 aromatic carbocycles. The standard InChI is InChI=1S/C23H31NO2/c1-17(2)26-21-12-10-19(11-13-21)22(18-8-6-5-7-9-18)24-20-14-15-25-23(3,4)16-20/h5-13,17,20,22,24H,14-16H2,1-4H3/t20-,22-/m0/s1. The van der Waals surface area contributed by atoms with Gasteiger partial charge in [0, 0.05) is 12.6 Å². The van der Waals surface area contributed by atoms with Crippen LogP contribution in [0.2, 0.25) is 0 Å². The molecule has 0 amide bonds. The summed E-state index contributed by atoms with van der Waals surface area (Å²) in [6.45, 7) is 9.27. The van der Waals surface area contributed by atoms with Crippen molar-refractivity contribution in [2.75, 3.05) is 6.61 Å². The molecule has 2 atom stereocenters. The van der Waals surface area contributed by atoms with Crippen LogP contribution in [-0.4, -0.2) is 24.4 Å². The third kappa shape index (κ3) is 5.09. The van der Waals surface area contributed by atoms with Gasteiger partial charge in [0.15, 0.2) is 0 Å². The van der Waals surface area contributed by atoms with Crippen LogP contribution in [0.3, 0.4) is 0 Å². The summed E-state index contributed by atoms with van der Waals surface area (Å²) < 4.78 is 11.7. The highest BCUT2D eigenvalue weighted by Crippen LogP contribution is 2.29. The van der Waals surface area contributed by atoms with Crippen molar-refractivity contribution >= 4 is 0 Å². The van der Waals surface area contributed by atoms with E-state index in [-0.39, 0.29) is 17.7 Å². The minimum Gasteiger partial charge on any atom is -0.491 e. The molecule has 3 heteroatoms. The average molecular weight is 354 g/mol. The summed E-state index contributed by atoms with van der Waals surface area (Å²) in [5.41, 5.74) is 2.48. The van der Waals surface area contributed by atoms with Crippen LogP contribution in [0.15, 0.2) is 54.6 Å². The van der Waals surface area contributed by atoms with Gasteiger partial charge in [-0.2, -0.15) is 0 Å². The molecule has 140 valence electrons. The predicted octanol–water partition coefficient (Wildman–Crippen LogP) is 5.11. The zero-order chi connectivity index (χ0) is 18.6. The van der Waals surface area contributed by atoms with Gasteiger partial charge >= 0.3 is 0 Å². The molecule has 0 aliphatic carbocycles. The predicted molar refractivity (Wildman–Crippen MR) is 107 cm³/mol. The molecule has 0 unspecified atom stereocenters. The quantitative estimate of drug-likeness (QED) is 0.783. The molecular formula is C23H31NO2. The molecule has 1 heterocycles. The van der Waals surface area contributed by atoms with E-state index >= 15 is 0 Å². The Balaban J connectivity index is 1.82. The van der Waals surface area contributed by atoms with Gasteiger partial charge in [-0.05, 0) is 63.8 Å². The summed E-state index contributed by atoms with van der Waals surface area (Å²) in [6, 6.07) is 19.8. The van der Waals surface area contributed by atoms with Crippen molar-refractivity contribution in [3.05, 3.63) is 65.7 Å². The topological polar surface area (TPSA) is 30.5 Å². The van der Waals surface area contributed by atoms with Crippen molar-refractivity contribution in [3.63, 3.8) is 0 Å². The molecule has 1 saturated heterocycles. The van der Waals surface area contributed by atoms with Crippen LogP contribution in [0.4, 0.5) is 0 Å². The van der Waals surface area contributed by atoms with Gasteiger partial charge in [0.25, 0.3) is 0 Å². The Morgan fingerprint density at radius 3 is 2.27 bits per heavy atom. The molecule has 0 bridgehead atoms. The minimum atomic E-state index is -0.0634. The van der Waals surface area contributed by atoms with Gasteiger partial charge < -0.3 is 14.8 Å². The summed E-state index contributed by atoms with van der Waals surface area (Å²) in [5.74, 6) is 0.919. The summed E-state index contributed by atoms with van der Waals surface area (Å²) in [5, 5.41) is 3.88. The third-order valence-electron chi connectivity index (χ3n) is 4.82. The van der Waals surface area contributed by atoms with Gasteiger partial charge in [-0.1, -0.05) is 42.5 Å². The lowest BCUT2D eigenvalue weighted by atomic mass is 9.91. The molecule has 1 aliphatic heterocycles. The van der Waals surface area contributed by atoms with Gasteiger partial charge in [-0.15, -0.1) is 0 Å². The van der Waals surface area contributed by atoms with E-state index in [1.54, 1.807) is 0 Å². The summed E-state index contributed by atoms with van der Waals surface area (Å²) >= 11 is 0. The van der Waals surface area contributed by atoms with Crippen molar-refractivity contribution in [3.8, 4) is 5.75 Å². The number of rotatable bonds is 6. The molecule has 1 N–H and O–H groups in total. The van der Waals surface area contributed by atoms with Crippen LogP contribution in [0.1, 0.15) is 57.7 Å². The van der Waals surface area contributed by atoms with Gasteiger partial charge in [0.2, 0.25) is 0 Å². The molecule has 0 saturated carbocycles. The van der Waals surface area contributed by atoms with E-state index in [9.17, 15) is 0 Å². The van der Waals surface area contributed by atoms with Crippen molar-refractivity contribution in [2.24, 2.45) is 0 Å². The highest BCUT2D eigenvalue weighted by Gasteiger charge is 2.30. The van der Waals surface area contributed by atoms with E-state index in [4.69, 9.17) is 9.47 Å². The van der Waals surface area contributed by atoms with E-state index < -0.39 is 0 Å². The van der Waals surface area contributed by atoms with Crippen LogP contribution < -0.4 is 10.1 Å². The number of nitrogens with one attached hydrogen (secondary N) is 1. The number of hydrogen-bond acceptors (Lipinski definition) is 3. The monoisotopic (exact) mass is 353 g/mol. The van der Waals surface area contributed by atoms with E-state index in [0.717, 1.165) is 25.2 Å². The van der Waals surface area contributed by atoms with E-state index in [2.05, 4.69) is 87.6 Å². The molecule has 3 rings (SSSR count). The first kappa shape index (κ1) is 18.9.